The molecule has 5 heteroatoms. The van der Waals surface area contributed by atoms with Crippen molar-refractivity contribution in [2.75, 3.05) is 13.1 Å². The fraction of sp³-hybridized carbons (Fsp3) is 0.500. The van der Waals surface area contributed by atoms with Crippen LogP contribution in [0.5, 0.6) is 0 Å². The highest BCUT2D eigenvalue weighted by molar-refractivity contribution is 7.80. The lowest BCUT2D eigenvalue weighted by atomic mass is 9.80. The first kappa shape index (κ1) is 14.3. The number of nitrogens with two attached hydrogens (primary N) is 1. The molecule has 1 aromatic carbocycles. The molecule has 0 radical (unpaired) electrons. The fourth-order valence-corrected chi connectivity index (χ4v) is 2.57. The van der Waals surface area contributed by atoms with Gasteiger partial charge in [0.1, 0.15) is 0 Å². The van der Waals surface area contributed by atoms with Crippen molar-refractivity contribution in [1.29, 1.82) is 0 Å². The number of nitrogens with zero attached hydrogens (tertiary/aromatic N) is 1. The summed E-state index contributed by atoms with van der Waals surface area (Å²) in [5.41, 5.74) is 6.04. The van der Waals surface area contributed by atoms with Crippen LogP contribution in [0.4, 0.5) is 8.78 Å². The van der Waals surface area contributed by atoms with Gasteiger partial charge in [0.2, 0.25) is 0 Å². The second-order valence-corrected chi connectivity index (χ2v) is 5.85. The fourth-order valence-electron chi connectivity index (χ4n) is 2.36. The van der Waals surface area contributed by atoms with Crippen LogP contribution in [-0.2, 0) is 6.54 Å². The van der Waals surface area contributed by atoms with Gasteiger partial charge in [-0.2, -0.15) is 0 Å². The average Bonchev–Trinajstić information content (AvgIpc) is 2.37. The zero-order valence-electron chi connectivity index (χ0n) is 11.0. The van der Waals surface area contributed by atoms with Crippen LogP contribution < -0.4 is 5.73 Å². The highest BCUT2D eigenvalue weighted by Gasteiger charge is 2.32. The van der Waals surface area contributed by atoms with Crippen LogP contribution in [-0.4, -0.2) is 23.0 Å². The lowest BCUT2D eigenvalue weighted by Gasteiger charge is -2.38. The van der Waals surface area contributed by atoms with Crippen molar-refractivity contribution in [3.05, 3.63) is 35.4 Å². The number of halogens is 2. The van der Waals surface area contributed by atoms with E-state index in [0.29, 0.717) is 17.1 Å². The minimum absolute atomic E-state index is 0.105. The molecule has 2 rings (SSSR count). The second-order valence-electron chi connectivity index (χ2n) is 5.41. The van der Waals surface area contributed by atoms with E-state index < -0.39 is 11.6 Å². The van der Waals surface area contributed by atoms with Crippen molar-refractivity contribution < 1.29 is 8.78 Å². The van der Waals surface area contributed by atoms with Crippen molar-refractivity contribution in [1.82, 2.24) is 4.90 Å². The second kappa shape index (κ2) is 5.51. The van der Waals surface area contributed by atoms with E-state index in [2.05, 4.69) is 11.8 Å². The summed E-state index contributed by atoms with van der Waals surface area (Å²) < 4.78 is 26.7. The molecule has 0 amide bonds. The van der Waals surface area contributed by atoms with E-state index in [1.54, 1.807) is 6.07 Å². The molecule has 0 bridgehead atoms. The third-order valence-corrected chi connectivity index (χ3v) is 4.47. The van der Waals surface area contributed by atoms with Crippen LogP contribution in [0.1, 0.15) is 25.3 Å². The molecular formula is C14H18F2N2S. The number of hydrogen-bond acceptors (Lipinski definition) is 2. The zero-order valence-corrected chi connectivity index (χ0v) is 11.8. The van der Waals surface area contributed by atoms with Gasteiger partial charge in [-0.3, -0.25) is 4.90 Å². The Morgan fingerprint density at radius 1 is 1.37 bits per heavy atom. The number of hydrogen-bond donors (Lipinski definition) is 1. The molecule has 0 unspecified atom stereocenters. The van der Waals surface area contributed by atoms with Crippen LogP contribution in [0.15, 0.2) is 18.2 Å². The van der Waals surface area contributed by atoms with Gasteiger partial charge in [0.25, 0.3) is 0 Å². The molecule has 2 nitrogen and oxygen atoms in total. The number of benzene rings is 1. The number of piperidine rings is 1. The average molecular weight is 284 g/mol. The topological polar surface area (TPSA) is 29.3 Å². The van der Waals surface area contributed by atoms with Crippen LogP contribution in [0.2, 0.25) is 0 Å². The summed E-state index contributed by atoms with van der Waals surface area (Å²) in [5.74, 6) is -1.53. The SMILES string of the molecule is CC1(C(N)=S)CCN(Cc2cccc(F)c2F)CC1. The molecule has 1 aromatic rings. The maximum absolute atomic E-state index is 13.6. The van der Waals surface area contributed by atoms with Gasteiger partial charge < -0.3 is 5.73 Å². The van der Waals surface area contributed by atoms with Gasteiger partial charge in [0.15, 0.2) is 11.6 Å². The highest BCUT2D eigenvalue weighted by Crippen LogP contribution is 2.31. The Hall–Kier alpha value is -1.07. The molecule has 1 heterocycles. The van der Waals surface area contributed by atoms with Gasteiger partial charge in [0.05, 0.1) is 4.99 Å². The molecule has 1 fully saturated rings. The van der Waals surface area contributed by atoms with Crippen LogP contribution in [0.25, 0.3) is 0 Å². The van der Waals surface area contributed by atoms with Gasteiger partial charge in [-0.05, 0) is 32.0 Å². The van der Waals surface area contributed by atoms with E-state index in [4.69, 9.17) is 18.0 Å². The predicted molar refractivity (Wildman–Crippen MR) is 75.8 cm³/mol. The molecule has 1 aliphatic rings. The van der Waals surface area contributed by atoms with Gasteiger partial charge in [-0.25, -0.2) is 8.78 Å². The maximum atomic E-state index is 13.6. The van der Waals surface area contributed by atoms with Gasteiger partial charge >= 0.3 is 0 Å². The van der Waals surface area contributed by atoms with E-state index in [1.807, 2.05) is 0 Å². The Labute approximate surface area is 117 Å². The van der Waals surface area contributed by atoms with Crippen LogP contribution in [0.3, 0.4) is 0 Å². The minimum atomic E-state index is -0.789. The molecule has 19 heavy (non-hydrogen) atoms. The third-order valence-electron chi connectivity index (χ3n) is 3.98. The highest BCUT2D eigenvalue weighted by atomic mass is 32.1. The summed E-state index contributed by atoms with van der Waals surface area (Å²) in [5, 5.41) is 0. The Morgan fingerprint density at radius 3 is 2.58 bits per heavy atom. The Bertz CT molecular complexity index is 482. The summed E-state index contributed by atoms with van der Waals surface area (Å²) in [4.78, 5) is 2.65. The largest absolute Gasteiger partial charge is 0.393 e. The summed E-state index contributed by atoms with van der Waals surface area (Å²) in [6.07, 6.45) is 1.72. The lowest BCUT2D eigenvalue weighted by molar-refractivity contribution is 0.156. The van der Waals surface area contributed by atoms with Crippen molar-refractivity contribution in [2.24, 2.45) is 11.1 Å². The van der Waals surface area contributed by atoms with E-state index in [0.717, 1.165) is 32.0 Å². The summed E-state index contributed by atoms with van der Waals surface area (Å²) in [6.45, 7) is 4.08. The lowest BCUT2D eigenvalue weighted by Crippen LogP contribution is -2.44. The zero-order chi connectivity index (χ0) is 14.0. The molecule has 0 spiro atoms. The van der Waals surface area contributed by atoms with E-state index in [-0.39, 0.29) is 5.41 Å². The molecule has 1 aliphatic heterocycles. The molecule has 2 N–H and O–H groups in total. The molecular weight excluding hydrogens is 266 g/mol. The summed E-state index contributed by atoms with van der Waals surface area (Å²) in [6, 6.07) is 4.30. The number of rotatable bonds is 3. The van der Waals surface area contributed by atoms with Gasteiger partial charge in [0, 0.05) is 17.5 Å². The Balaban J connectivity index is 2.00. The number of likely N-dealkylation sites (tertiary alicyclic amines) is 1. The Kier molecular flexibility index (Phi) is 4.16. The molecule has 1 saturated heterocycles. The number of thiocarbonyl (C=S) groups is 1. The van der Waals surface area contributed by atoms with Crippen molar-refractivity contribution in [3.63, 3.8) is 0 Å². The van der Waals surface area contributed by atoms with E-state index >= 15 is 0 Å². The minimum Gasteiger partial charge on any atom is -0.393 e. The predicted octanol–water partition coefficient (Wildman–Crippen LogP) is 2.85. The van der Waals surface area contributed by atoms with E-state index in [9.17, 15) is 8.78 Å². The Morgan fingerprint density at radius 2 is 2.00 bits per heavy atom. The smallest absolute Gasteiger partial charge is 0.163 e. The van der Waals surface area contributed by atoms with Crippen molar-refractivity contribution in [3.8, 4) is 0 Å². The first-order chi connectivity index (χ1) is 8.92. The molecule has 0 atom stereocenters. The first-order valence-corrected chi connectivity index (χ1v) is 6.78. The third kappa shape index (κ3) is 3.09. The molecule has 0 saturated carbocycles. The van der Waals surface area contributed by atoms with Crippen LogP contribution >= 0.6 is 12.2 Å². The summed E-state index contributed by atoms with van der Waals surface area (Å²) in [7, 11) is 0. The molecule has 0 aromatic heterocycles. The van der Waals surface area contributed by atoms with E-state index in [1.165, 1.54) is 6.07 Å². The normalized spacial score (nSPS) is 19.3. The van der Waals surface area contributed by atoms with Crippen LogP contribution in [0, 0.1) is 17.0 Å². The molecule has 104 valence electrons. The van der Waals surface area contributed by atoms with Gasteiger partial charge in [-0.1, -0.05) is 31.3 Å². The van der Waals surface area contributed by atoms with Gasteiger partial charge in [-0.15, -0.1) is 0 Å². The monoisotopic (exact) mass is 284 g/mol. The first-order valence-electron chi connectivity index (χ1n) is 6.37. The quantitative estimate of drug-likeness (QED) is 0.865. The molecule has 0 aliphatic carbocycles. The van der Waals surface area contributed by atoms with Crippen molar-refractivity contribution >= 4 is 17.2 Å². The maximum Gasteiger partial charge on any atom is 0.163 e. The standard InChI is InChI=1S/C14H18F2N2S/c1-14(13(17)19)5-7-18(8-6-14)9-10-3-2-4-11(15)12(10)16/h2-4H,5-9H2,1H3,(H2,17,19). The summed E-state index contributed by atoms with van der Waals surface area (Å²) >= 11 is 5.08. The van der Waals surface area contributed by atoms with Crippen molar-refractivity contribution in [2.45, 2.75) is 26.3 Å².